The molecule has 0 fully saturated rings. The van der Waals surface area contributed by atoms with E-state index in [-0.39, 0.29) is 0 Å². The lowest BCUT2D eigenvalue weighted by atomic mass is 9.95. The van der Waals surface area contributed by atoms with Crippen LogP contribution in [-0.2, 0) is 18.8 Å². The summed E-state index contributed by atoms with van der Waals surface area (Å²) in [7, 11) is 5.69. The topological polar surface area (TPSA) is 43.5 Å². The van der Waals surface area contributed by atoms with Crippen LogP contribution in [0.5, 0.6) is 11.6 Å². The monoisotopic (exact) mass is 504 g/mol. The summed E-state index contributed by atoms with van der Waals surface area (Å²) in [6, 6.07) is 21.0. The maximum Gasteiger partial charge on any atom is 0.373 e. The lowest BCUT2D eigenvalue weighted by molar-refractivity contribution is -0.678. The number of methoxy groups -OCH3 is 1. The number of pyridine rings is 3. The molecular weight excluding hydrogens is 472 g/mol. The van der Waals surface area contributed by atoms with Crippen LogP contribution in [0, 0.1) is 6.92 Å². The highest BCUT2D eigenvalue weighted by Crippen LogP contribution is 2.38. The minimum atomic E-state index is 0.351. The Morgan fingerprint density at radius 3 is 2.42 bits per heavy atom. The van der Waals surface area contributed by atoms with E-state index in [0.717, 1.165) is 33.3 Å². The SMILES string of the molecule is C=C(OC)c1cccc(Oc2cnc3c4c(C(C)C)cccc4n4c5ccccc5[n+](C)c4c3c2C)[n+]1C. The summed E-state index contributed by atoms with van der Waals surface area (Å²) in [6.45, 7) is 10.6. The predicted octanol–water partition coefficient (Wildman–Crippen LogP) is 6.28. The number of aryl methyl sites for hydroxylation is 2. The molecule has 4 heterocycles. The van der Waals surface area contributed by atoms with Crippen molar-refractivity contribution in [2.45, 2.75) is 26.7 Å². The lowest BCUT2D eigenvalue weighted by Crippen LogP contribution is -2.34. The van der Waals surface area contributed by atoms with Crippen LogP contribution in [0.15, 0.2) is 73.4 Å². The van der Waals surface area contributed by atoms with Crippen LogP contribution in [-0.4, -0.2) is 16.5 Å². The van der Waals surface area contributed by atoms with Crippen molar-refractivity contribution in [3.05, 3.63) is 90.3 Å². The highest BCUT2D eigenvalue weighted by Gasteiger charge is 2.28. The van der Waals surface area contributed by atoms with Crippen molar-refractivity contribution >= 4 is 44.2 Å². The quantitative estimate of drug-likeness (QED) is 0.158. The molecule has 38 heavy (non-hydrogen) atoms. The van der Waals surface area contributed by atoms with Gasteiger partial charge in [0, 0.05) is 11.6 Å². The third-order valence-corrected chi connectivity index (χ3v) is 7.64. The van der Waals surface area contributed by atoms with E-state index in [2.05, 4.69) is 85.8 Å². The highest BCUT2D eigenvalue weighted by molar-refractivity contribution is 6.13. The zero-order chi connectivity index (χ0) is 26.7. The maximum absolute atomic E-state index is 6.52. The number of rotatable bonds is 5. The molecule has 6 nitrogen and oxygen atoms in total. The predicted molar refractivity (Wildman–Crippen MR) is 151 cm³/mol. The molecule has 0 N–H and O–H groups in total. The van der Waals surface area contributed by atoms with Crippen LogP contribution in [0.25, 0.3) is 44.2 Å². The van der Waals surface area contributed by atoms with Crippen molar-refractivity contribution in [3.8, 4) is 11.6 Å². The molecule has 0 unspecified atom stereocenters. The van der Waals surface area contributed by atoms with Gasteiger partial charge >= 0.3 is 5.88 Å². The lowest BCUT2D eigenvalue weighted by Gasteiger charge is -2.14. The van der Waals surface area contributed by atoms with Gasteiger partial charge in [-0.25, -0.2) is 4.57 Å². The Balaban J connectivity index is 1.72. The number of hydrogen-bond acceptors (Lipinski definition) is 3. The molecular formula is C32H32N4O2+2. The van der Waals surface area contributed by atoms with E-state index in [1.165, 1.54) is 22.0 Å². The number of aromatic nitrogens is 4. The Kier molecular flexibility index (Phi) is 5.56. The molecule has 4 aromatic heterocycles. The van der Waals surface area contributed by atoms with Crippen LogP contribution in [0.2, 0.25) is 0 Å². The van der Waals surface area contributed by atoms with Gasteiger partial charge in [-0.05, 0) is 49.2 Å². The van der Waals surface area contributed by atoms with Crippen molar-refractivity contribution in [2.24, 2.45) is 14.1 Å². The summed E-state index contributed by atoms with van der Waals surface area (Å²) in [5.41, 5.74) is 8.74. The van der Waals surface area contributed by atoms with Gasteiger partial charge in [0.05, 0.1) is 42.7 Å². The van der Waals surface area contributed by atoms with Gasteiger partial charge in [-0.1, -0.05) is 38.1 Å². The second kappa shape index (κ2) is 8.84. The average Bonchev–Trinajstić information content (AvgIpc) is 3.22. The fourth-order valence-corrected chi connectivity index (χ4v) is 5.64. The minimum Gasteiger partial charge on any atom is -0.491 e. The molecule has 0 radical (unpaired) electrons. The van der Waals surface area contributed by atoms with Crippen molar-refractivity contribution in [3.63, 3.8) is 0 Å². The maximum atomic E-state index is 6.52. The van der Waals surface area contributed by atoms with E-state index in [0.29, 0.717) is 23.3 Å². The second-order valence-corrected chi connectivity index (χ2v) is 10.1. The summed E-state index contributed by atoms with van der Waals surface area (Å²) in [6.07, 6.45) is 1.85. The van der Waals surface area contributed by atoms with E-state index in [9.17, 15) is 0 Å². The molecule has 0 bridgehead atoms. The molecule has 0 aliphatic rings. The molecule has 0 aliphatic carbocycles. The molecule has 6 heteroatoms. The van der Waals surface area contributed by atoms with E-state index in [1.54, 1.807) is 7.11 Å². The summed E-state index contributed by atoms with van der Waals surface area (Å²) >= 11 is 0. The van der Waals surface area contributed by atoms with Crippen LogP contribution in [0.1, 0.15) is 36.6 Å². The van der Waals surface area contributed by atoms with Crippen LogP contribution in [0.3, 0.4) is 0 Å². The fraction of sp³-hybridized carbons (Fsp3) is 0.219. The molecule has 190 valence electrons. The van der Waals surface area contributed by atoms with Gasteiger partial charge < -0.3 is 9.47 Å². The van der Waals surface area contributed by atoms with Gasteiger partial charge in [0.2, 0.25) is 5.69 Å². The molecule has 0 aliphatic heterocycles. The number of hydrogen-bond donors (Lipinski definition) is 0. The standard InChI is InChI=1S/C32H32N4O2/c1-19(2)22-12-10-16-26-30(22)31-29(32-35(6)24-13-8-9-14-25(24)36(26)32)20(3)27(18-33-31)38-28-17-11-15-23(34(28)5)21(4)37-7/h8-19H,4H2,1-3,5-7H3/q+2. The van der Waals surface area contributed by atoms with Gasteiger partial charge in [-0.3, -0.25) is 4.98 Å². The summed E-state index contributed by atoms with van der Waals surface area (Å²) in [5.74, 6) is 2.31. The van der Waals surface area contributed by atoms with Crippen molar-refractivity contribution < 1.29 is 18.6 Å². The van der Waals surface area contributed by atoms with Gasteiger partial charge in [-0.15, -0.1) is 0 Å². The largest absolute Gasteiger partial charge is 0.491 e. The smallest absolute Gasteiger partial charge is 0.373 e. The zero-order valence-corrected chi connectivity index (χ0v) is 22.7. The Hall–Kier alpha value is -4.45. The number of fused-ring (bicyclic) bond motifs is 8. The first-order chi connectivity index (χ1) is 18.3. The summed E-state index contributed by atoms with van der Waals surface area (Å²) < 4.78 is 18.5. The number of ether oxygens (including phenoxy) is 2. The summed E-state index contributed by atoms with van der Waals surface area (Å²) in [4.78, 5) is 5.07. The normalized spacial score (nSPS) is 11.8. The second-order valence-electron chi connectivity index (χ2n) is 10.1. The van der Waals surface area contributed by atoms with Crippen molar-refractivity contribution in [2.75, 3.05) is 7.11 Å². The van der Waals surface area contributed by atoms with Crippen molar-refractivity contribution in [1.29, 1.82) is 0 Å². The van der Waals surface area contributed by atoms with Crippen LogP contribution >= 0.6 is 0 Å². The number of para-hydroxylation sites is 2. The van der Waals surface area contributed by atoms with Gasteiger partial charge in [0.15, 0.2) is 22.5 Å². The fourth-order valence-electron chi connectivity index (χ4n) is 5.64. The van der Waals surface area contributed by atoms with E-state index >= 15 is 0 Å². The van der Waals surface area contributed by atoms with Gasteiger partial charge in [0.25, 0.3) is 5.65 Å². The molecule has 0 amide bonds. The molecule has 6 aromatic rings. The number of benzene rings is 2. The first-order valence-corrected chi connectivity index (χ1v) is 12.9. The number of nitrogens with zero attached hydrogens (tertiary/aromatic N) is 4. The highest BCUT2D eigenvalue weighted by atomic mass is 16.5. The first kappa shape index (κ1) is 23.9. The van der Waals surface area contributed by atoms with Gasteiger partial charge in [0.1, 0.15) is 12.6 Å². The van der Waals surface area contributed by atoms with Crippen molar-refractivity contribution in [1.82, 2.24) is 9.38 Å². The molecule has 2 aromatic carbocycles. The Morgan fingerprint density at radius 2 is 1.66 bits per heavy atom. The van der Waals surface area contributed by atoms with Gasteiger partial charge in [-0.2, -0.15) is 8.97 Å². The van der Waals surface area contributed by atoms with Crippen LogP contribution in [0.4, 0.5) is 0 Å². The Morgan fingerprint density at radius 1 is 0.921 bits per heavy atom. The minimum absolute atomic E-state index is 0.351. The van der Waals surface area contributed by atoms with E-state index < -0.39 is 0 Å². The molecule has 6 rings (SSSR count). The summed E-state index contributed by atoms with van der Waals surface area (Å²) in [5, 5.41) is 2.27. The molecule has 0 atom stereocenters. The third kappa shape index (κ3) is 3.36. The third-order valence-electron chi connectivity index (χ3n) is 7.64. The molecule has 0 saturated heterocycles. The molecule has 0 saturated carbocycles. The molecule has 0 spiro atoms. The van der Waals surface area contributed by atoms with E-state index in [1.807, 2.05) is 36.0 Å². The zero-order valence-electron chi connectivity index (χ0n) is 22.7. The Bertz CT molecular complexity index is 1920. The average molecular weight is 505 g/mol. The Labute approximate surface area is 222 Å². The van der Waals surface area contributed by atoms with E-state index in [4.69, 9.17) is 14.5 Å². The van der Waals surface area contributed by atoms with Crippen LogP contribution < -0.4 is 13.9 Å². The number of imidazole rings is 1. The first-order valence-electron chi connectivity index (χ1n) is 12.9.